The first kappa shape index (κ1) is 22.2. The zero-order chi connectivity index (χ0) is 23.7. The van der Waals surface area contributed by atoms with Crippen LogP contribution in [-0.2, 0) is 0 Å². The third kappa shape index (κ3) is 3.95. The van der Waals surface area contributed by atoms with Gasteiger partial charge in [-0.2, -0.15) is 0 Å². The van der Waals surface area contributed by atoms with Gasteiger partial charge in [0.1, 0.15) is 23.4 Å². The lowest BCUT2D eigenvalue weighted by molar-refractivity contribution is 0.402. The molecule has 1 aromatic carbocycles. The van der Waals surface area contributed by atoms with Gasteiger partial charge in [0, 0.05) is 30.4 Å². The molecule has 172 valence electrons. The number of halogens is 1. The van der Waals surface area contributed by atoms with Crippen molar-refractivity contribution in [3.63, 3.8) is 0 Å². The summed E-state index contributed by atoms with van der Waals surface area (Å²) >= 11 is 11.9. The maximum Gasteiger partial charge on any atom is 0.174 e. The van der Waals surface area contributed by atoms with Crippen LogP contribution in [0.2, 0.25) is 5.02 Å². The van der Waals surface area contributed by atoms with E-state index in [1.165, 1.54) is 0 Å². The Morgan fingerprint density at radius 3 is 2.59 bits per heavy atom. The van der Waals surface area contributed by atoms with Crippen LogP contribution >= 0.6 is 23.8 Å². The minimum atomic E-state index is -0.254. The number of nitrogens with one attached hydrogen (secondary N) is 1. The van der Waals surface area contributed by atoms with E-state index in [1.807, 2.05) is 65.4 Å². The molecule has 5 rings (SSSR count). The smallest absolute Gasteiger partial charge is 0.174 e. The van der Waals surface area contributed by atoms with E-state index >= 15 is 0 Å². The molecule has 1 saturated heterocycles. The number of ether oxygens (including phenoxy) is 2. The van der Waals surface area contributed by atoms with E-state index in [1.54, 1.807) is 26.6 Å². The Morgan fingerprint density at radius 1 is 1.00 bits per heavy atom. The highest BCUT2D eigenvalue weighted by Gasteiger charge is 2.43. The minimum absolute atomic E-state index is 0.217. The Balaban J connectivity index is 1.70. The van der Waals surface area contributed by atoms with Crippen LogP contribution in [0.15, 0.2) is 79.3 Å². The molecule has 0 amide bonds. The normalized spacial score (nSPS) is 17.5. The number of hydrogen-bond acceptors (Lipinski definition) is 5. The molecule has 0 bridgehead atoms. The lowest BCUT2D eigenvalue weighted by Gasteiger charge is -2.30. The van der Waals surface area contributed by atoms with Crippen molar-refractivity contribution in [2.24, 2.45) is 0 Å². The molecule has 4 aromatic rings. The van der Waals surface area contributed by atoms with Gasteiger partial charge in [0.25, 0.3) is 0 Å². The summed E-state index contributed by atoms with van der Waals surface area (Å²) in [5.74, 6) is 2.13. The van der Waals surface area contributed by atoms with E-state index in [4.69, 9.17) is 33.3 Å². The van der Waals surface area contributed by atoms with Crippen LogP contribution in [0.25, 0.3) is 5.82 Å². The third-order valence-corrected chi connectivity index (χ3v) is 6.32. The van der Waals surface area contributed by atoms with Gasteiger partial charge in [0.2, 0.25) is 0 Å². The first-order valence-electron chi connectivity index (χ1n) is 10.6. The van der Waals surface area contributed by atoms with Gasteiger partial charge in [-0.1, -0.05) is 17.7 Å². The van der Waals surface area contributed by atoms with Gasteiger partial charge in [-0.05, 0) is 60.7 Å². The van der Waals surface area contributed by atoms with E-state index in [0.29, 0.717) is 21.6 Å². The monoisotopic (exact) mass is 491 g/mol. The quantitative estimate of drug-likeness (QED) is 0.376. The lowest BCUT2D eigenvalue weighted by Crippen LogP contribution is -2.30. The first-order chi connectivity index (χ1) is 16.6. The average Bonchev–Trinajstić information content (AvgIpc) is 3.49. The van der Waals surface area contributed by atoms with Crippen molar-refractivity contribution in [3.05, 3.63) is 95.7 Å². The summed E-state index contributed by atoms with van der Waals surface area (Å²) in [5, 5.41) is 4.62. The van der Waals surface area contributed by atoms with Crippen LogP contribution in [0.4, 0.5) is 5.69 Å². The van der Waals surface area contributed by atoms with Gasteiger partial charge < -0.3 is 24.3 Å². The molecule has 1 N–H and O–H groups in total. The molecular formula is C25H22ClN5O2S. The molecule has 4 heterocycles. The van der Waals surface area contributed by atoms with Gasteiger partial charge in [0.15, 0.2) is 5.11 Å². The number of benzene rings is 1. The number of anilines is 1. The van der Waals surface area contributed by atoms with Crippen molar-refractivity contribution in [3.8, 4) is 17.3 Å². The van der Waals surface area contributed by atoms with Crippen molar-refractivity contribution in [1.29, 1.82) is 0 Å². The van der Waals surface area contributed by atoms with Gasteiger partial charge in [-0.25, -0.2) is 4.98 Å². The SMILES string of the molecule is COc1ccc(OC)c(N2C(=S)N[C@@H](c3ccccn3)[C@@H]2c2cccn2-c2ccc(Cl)cn2)c1. The largest absolute Gasteiger partial charge is 0.497 e. The highest BCUT2D eigenvalue weighted by Crippen LogP contribution is 2.45. The van der Waals surface area contributed by atoms with Gasteiger partial charge in [-0.3, -0.25) is 4.98 Å². The third-order valence-electron chi connectivity index (χ3n) is 5.79. The predicted octanol–water partition coefficient (Wildman–Crippen LogP) is 5.12. The summed E-state index contributed by atoms with van der Waals surface area (Å²) < 4.78 is 13.2. The van der Waals surface area contributed by atoms with Gasteiger partial charge in [-0.15, -0.1) is 0 Å². The molecule has 0 saturated carbocycles. The van der Waals surface area contributed by atoms with Crippen molar-refractivity contribution >= 4 is 34.6 Å². The second-order valence-electron chi connectivity index (χ2n) is 7.67. The number of pyridine rings is 2. The van der Waals surface area contributed by atoms with Gasteiger partial charge in [0.05, 0.1) is 36.7 Å². The molecule has 1 aliphatic heterocycles. The maximum atomic E-state index is 6.09. The highest BCUT2D eigenvalue weighted by molar-refractivity contribution is 7.80. The number of aromatic nitrogens is 3. The standard InChI is InChI=1S/C25H22ClN5O2S/c1-32-17-9-10-21(33-2)20(14-17)31-24(23(29-25(31)34)18-6-3-4-12-27-18)19-7-5-13-30(19)22-11-8-16(26)15-28-22/h3-15,23-24H,1-2H3,(H,29,34)/t23-,24-/m0/s1. The lowest BCUT2D eigenvalue weighted by atomic mass is 10.0. The molecule has 0 unspecified atom stereocenters. The highest BCUT2D eigenvalue weighted by atomic mass is 35.5. The van der Waals surface area contributed by atoms with Crippen molar-refractivity contribution in [2.75, 3.05) is 19.1 Å². The van der Waals surface area contributed by atoms with E-state index in [9.17, 15) is 0 Å². The fourth-order valence-corrected chi connectivity index (χ4v) is 4.70. The topological polar surface area (TPSA) is 64.4 Å². The van der Waals surface area contributed by atoms with E-state index in [2.05, 4.69) is 26.3 Å². The summed E-state index contributed by atoms with van der Waals surface area (Å²) in [4.78, 5) is 11.2. The molecule has 3 aromatic heterocycles. The molecule has 7 nitrogen and oxygen atoms in total. The number of rotatable bonds is 6. The van der Waals surface area contributed by atoms with Crippen LogP contribution in [0.3, 0.4) is 0 Å². The Labute approximate surface area is 207 Å². The molecule has 0 aliphatic carbocycles. The number of nitrogens with zero attached hydrogens (tertiary/aromatic N) is 4. The summed E-state index contributed by atoms with van der Waals surface area (Å²) in [6, 6.07) is 18.8. The molecule has 2 atom stereocenters. The fourth-order valence-electron chi connectivity index (χ4n) is 4.25. The Hall–Kier alpha value is -3.62. The van der Waals surface area contributed by atoms with E-state index in [-0.39, 0.29) is 12.1 Å². The Morgan fingerprint density at radius 2 is 1.88 bits per heavy atom. The Bertz CT molecular complexity index is 1310. The van der Waals surface area contributed by atoms with Gasteiger partial charge >= 0.3 is 0 Å². The first-order valence-corrected chi connectivity index (χ1v) is 11.4. The second-order valence-corrected chi connectivity index (χ2v) is 8.50. The van der Waals surface area contributed by atoms with Crippen molar-refractivity contribution in [2.45, 2.75) is 12.1 Å². The molecule has 0 spiro atoms. The number of methoxy groups -OCH3 is 2. The maximum absolute atomic E-state index is 6.09. The van der Waals surface area contributed by atoms with Crippen LogP contribution in [0.5, 0.6) is 11.5 Å². The van der Waals surface area contributed by atoms with Crippen molar-refractivity contribution < 1.29 is 9.47 Å². The zero-order valence-electron chi connectivity index (χ0n) is 18.6. The molecule has 9 heteroatoms. The van der Waals surface area contributed by atoms with Crippen LogP contribution < -0.4 is 19.7 Å². The fraction of sp³-hybridized carbons (Fsp3) is 0.160. The molecule has 34 heavy (non-hydrogen) atoms. The summed E-state index contributed by atoms with van der Waals surface area (Å²) in [6.45, 7) is 0. The van der Waals surface area contributed by atoms with Crippen LogP contribution in [0, 0.1) is 0 Å². The van der Waals surface area contributed by atoms with E-state index < -0.39 is 0 Å². The van der Waals surface area contributed by atoms with Crippen LogP contribution in [0.1, 0.15) is 23.5 Å². The predicted molar refractivity (Wildman–Crippen MR) is 136 cm³/mol. The Kier molecular flexibility index (Phi) is 6.08. The molecule has 1 fully saturated rings. The summed E-state index contributed by atoms with van der Waals surface area (Å²) in [7, 11) is 3.28. The number of hydrogen-bond donors (Lipinski definition) is 1. The summed E-state index contributed by atoms with van der Waals surface area (Å²) in [5.41, 5.74) is 2.64. The average molecular weight is 492 g/mol. The number of thiocarbonyl (C=S) groups is 1. The van der Waals surface area contributed by atoms with Crippen LogP contribution in [-0.4, -0.2) is 33.9 Å². The molecule has 1 aliphatic rings. The summed E-state index contributed by atoms with van der Waals surface area (Å²) in [6.07, 6.45) is 5.40. The molecule has 0 radical (unpaired) electrons. The minimum Gasteiger partial charge on any atom is -0.497 e. The second kappa shape index (κ2) is 9.32. The molecular weight excluding hydrogens is 470 g/mol. The zero-order valence-corrected chi connectivity index (χ0v) is 20.1. The van der Waals surface area contributed by atoms with E-state index in [0.717, 1.165) is 22.9 Å². The van der Waals surface area contributed by atoms with Crippen molar-refractivity contribution in [1.82, 2.24) is 19.9 Å².